The quantitative estimate of drug-likeness (QED) is 0.726. The van der Waals surface area contributed by atoms with Crippen LogP contribution in [0.4, 0.5) is 8.78 Å². The Labute approximate surface area is 155 Å². The first-order valence-electron chi connectivity index (χ1n) is 7.85. The fourth-order valence-electron chi connectivity index (χ4n) is 2.21. The first-order chi connectivity index (χ1) is 12.7. The number of rotatable bonds is 7. The third kappa shape index (κ3) is 5.33. The molecular formula is C18H17F2NO5S. The third-order valence-electron chi connectivity index (χ3n) is 3.66. The molecule has 0 radical (unpaired) electrons. The molecule has 0 aliphatic heterocycles. The van der Waals surface area contributed by atoms with Crippen molar-refractivity contribution in [3.63, 3.8) is 0 Å². The Hall–Kier alpha value is -2.81. The maximum absolute atomic E-state index is 12.5. The molecule has 1 unspecified atom stereocenters. The van der Waals surface area contributed by atoms with Gasteiger partial charge in [-0.1, -0.05) is 30.3 Å². The second kappa shape index (κ2) is 8.72. The molecule has 1 atom stereocenters. The summed E-state index contributed by atoms with van der Waals surface area (Å²) in [5.41, 5.74) is 0.820. The summed E-state index contributed by atoms with van der Waals surface area (Å²) in [5, 5.41) is 2.67. The van der Waals surface area contributed by atoms with Crippen molar-refractivity contribution in [2.45, 2.75) is 23.6 Å². The average molecular weight is 397 g/mol. The molecule has 0 aliphatic rings. The zero-order chi connectivity index (χ0) is 20.0. The lowest BCUT2D eigenvalue weighted by Gasteiger charge is -2.14. The van der Waals surface area contributed by atoms with Crippen molar-refractivity contribution in [1.82, 2.24) is 5.32 Å². The highest BCUT2D eigenvalue weighted by atomic mass is 32.2. The molecule has 144 valence electrons. The molecule has 0 fully saturated rings. The molecule has 2 rings (SSSR count). The van der Waals surface area contributed by atoms with E-state index in [1.807, 2.05) is 30.3 Å². The van der Waals surface area contributed by atoms with E-state index in [9.17, 15) is 26.8 Å². The maximum Gasteiger partial charge on any atom is 0.341 e. The average Bonchev–Trinajstić information content (AvgIpc) is 2.66. The zero-order valence-electron chi connectivity index (χ0n) is 14.3. The number of esters is 1. The maximum atomic E-state index is 12.5. The van der Waals surface area contributed by atoms with Crippen LogP contribution in [0.25, 0.3) is 0 Å². The molecule has 0 saturated carbocycles. The van der Waals surface area contributed by atoms with Gasteiger partial charge in [-0.2, -0.15) is 8.78 Å². The van der Waals surface area contributed by atoms with Crippen molar-refractivity contribution < 1.29 is 31.5 Å². The largest absolute Gasteiger partial charge is 0.452 e. The molecular weight excluding hydrogens is 380 g/mol. The summed E-state index contributed by atoms with van der Waals surface area (Å²) in [6.07, 6.45) is 0. The summed E-state index contributed by atoms with van der Waals surface area (Å²) in [5.74, 6) is -4.94. The van der Waals surface area contributed by atoms with Crippen molar-refractivity contribution in [3.05, 3.63) is 65.7 Å². The van der Waals surface area contributed by atoms with E-state index in [1.165, 1.54) is 0 Å². The van der Waals surface area contributed by atoms with E-state index < -0.39 is 39.0 Å². The van der Waals surface area contributed by atoms with Gasteiger partial charge in [0.15, 0.2) is 6.61 Å². The van der Waals surface area contributed by atoms with Crippen LogP contribution in [0.2, 0.25) is 0 Å². The molecule has 0 spiro atoms. The molecule has 1 N–H and O–H groups in total. The van der Waals surface area contributed by atoms with Gasteiger partial charge in [0, 0.05) is 0 Å². The summed E-state index contributed by atoms with van der Waals surface area (Å²) in [6, 6.07) is 12.8. The van der Waals surface area contributed by atoms with Crippen molar-refractivity contribution in [2.24, 2.45) is 0 Å². The van der Waals surface area contributed by atoms with E-state index in [4.69, 9.17) is 4.74 Å². The van der Waals surface area contributed by atoms with Gasteiger partial charge in [0.05, 0.1) is 16.5 Å². The van der Waals surface area contributed by atoms with Crippen LogP contribution in [-0.4, -0.2) is 32.7 Å². The van der Waals surface area contributed by atoms with Gasteiger partial charge in [0.25, 0.3) is 5.91 Å². The van der Waals surface area contributed by atoms with Gasteiger partial charge in [-0.3, -0.25) is 4.79 Å². The molecule has 0 aliphatic carbocycles. The second-order valence-electron chi connectivity index (χ2n) is 5.61. The Balaban J connectivity index is 1.91. The Morgan fingerprint density at radius 3 is 2.19 bits per heavy atom. The second-order valence-corrected chi connectivity index (χ2v) is 7.52. The summed E-state index contributed by atoms with van der Waals surface area (Å²) in [4.78, 5) is 23.2. The molecule has 0 heterocycles. The molecule has 2 aromatic carbocycles. The van der Waals surface area contributed by atoms with Gasteiger partial charge in [0.1, 0.15) is 0 Å². The molecule has 9 heteroatoms. The lowest BCUT2D eigenvalue weighted by molar-refractivity contribution is -0.124. The van der Waals surface area contributed by atoms with E-state index >= 15 is 0 Å². The number of hydrogen-bond acceptors (Lipinski definition) is 5. The van der Waals surface area contributed by atoms with Gasteiger partial charge < -0.3 is 10.1 Å². The van der Waals surface area contributed by atoms with Crippen LogP contribution in [0, 0.1) is 0 Å². The predicted octanol–water partition coefficient (Wildman–Crippen LogP) is 2.72. The van der Waals surface area contributed by atoms with Crippen molar-refractivity contribution in [3.8, 4) is 0 Å². The van der Waals surface area contributed by atoms with Crippen LogP contribution < -0.4 is 5.32 Å². The number of carbonyl (C=O) groups is 2. The summed E-state index contributed by atoms with van der Waals surface area (Å²) < 4.78 is 52.4. The zero-order valence-corrected chi connectivity index (χ0v) is 15.1. The minimum atomic E-state index is -4.73. The molecule has 0 bridgehead atoms. The number of sulfone groups is 1. The lowest BCUT2D eigenvalue weighted by Crippen LogP contribution is -2.31. The van der Waals surface area contributed by atoms with E-state index in [2.05, 4.69) is 5.32 Å². The van der Waals surface area contributed by atoms with Gasteiger partial charge >= 0.3 is 11.7 Å². The topological polar surface area (TPSA) is 89.5 Å². The van der Waals surface area contributed by atoms with Gasteiger partial charge in [-0.25, -0.2) is 13.2 Å². The number of carbonyl (C=O) groups excluding carboxylic acids is 2. The number of nitrogens with one attached hydrogen (secondary N) is 1. The third-order valence-corrected chi connectivity index (χ3v) is 5.06. The van der Waals surface area contributed by atoms with Crippen LogP contribution in [0.1, 0.15) is 28.9 Å². The van der Waals surface area contributed by atoms with E-state index in [-0.39, 0.29) is 11.6 Å². The van der Waals surface area contributed by atoms with Crippen molar-refractivity contribution in [2.75, 3.05) is 6.61 Å². The lowest BCUT2D eigenvalue weighted by atomic mass is 10.1. The smallest absolute Gasteiger partial charge is 0.341 e. The van der Waals surface area contributed by atoms with Crippen molar-refractivity contribution >= 4 is 21.7 Å². The number of benzene rings is 2. The summed E-state index contributed by atoms with van der Waals surface area (Å²) in [7, 11) is -4.73. The first-order valence-corrected chi connectivity index (χ1v) is 9.40. The Morgan fingerprint density at radius 1 is 1.04 bits per heavy atom. The fourth-order valence-corrected chi connectivity index (χ4v) is 2.93. The molecule has 27 heavy (non-hydrogen) atoms. The highest BCUT2D eigenvalue weighted by Crippen LogP contribution is 2.19. The molecule has 0 aromatic heterocycles. The van der Waals surface area contributed by atoms with Crippen molar-refractivity contribution in [1.29, 1.82) is 0 Å². The van der Waals surface area contributed by atoms with E-state index in [1.54, 1.807) is 6.92 Å². The first kappa shape index (κ1) is 20.5. The highest BCUT2D eigenvalue weighted by molar-refractivity contribution is 7.91. The summed E-state index contributed by atoms with van der Waals surface area (Å²) in [6.45, 7) is 1.24. The molecule has 6 nitrogen and oxygen atoms in total. The van der Waals surface area contributed by atoms with Crippen LogP contribution in [-0.2, 0) is 19.4 Å². The fraction of sp³-hybridized carbons (Fsp3) is 0.222. The number of amides is 1. The highest BCUT2D eigenvalue weighted by Gasteiger charge is 2.26. The standard InChI is InChI=1S/C18H17F2NO5S/c1-12(13-5-3-2-4-6-13)21-16(22)11-26-17(23)14-7-9-15(10-8-14)27(24,25)18(19)20/h2-10,12,18H,11H2,1H3,(H,21,22). The van der Waals surface area contributed by atoms with Crippen LogP contribution >= 0.6 is 0 Å². The normalized spacial score (nSPS) is 12.4. The Kier molecular flexibility index (Phi) is 6.62. The monoisotopic (exact) mass is 397 g/mol. The minimum absolute atomic E-state index is 0.0628. The van der Waals surface area contributed by atoms with E-state index in [0.29, 0.717) is 0 Å². The number of alkyl halides is 2. The van der Waals surface area contributed by atoms with Gasteiger partial charge in [-0.15, -0.1) is 0 Å². The minimum Gasteiger partial charge on any atom is -0.452 e. The van der Waals surface area contributed by atoms with E-state index in [0.717, 1.165) is 29.8 Å². The number of hydrogen-bond donors (Lipinski definition) is 1. The Bertz CT molecular complexity index is 899. The summed E-state index contributed by atoms with van der Waals surface area (Å²) >= 11 is 0. The van der Waals surface area contributed by atoms with Crippen LogP contribution in [0.3, 0.4) is 0 Å². The number of halogens is 2. The molecule has 0 saturated heterocycles. The molecule has 2 aromatic rings. The Morgan fingerprint density at radius 2 is 1.63 bits per heavy atom. The van der Waals surface area contributed by atoms with Gasteiger partial charge in [0.2, 0.25) is 9.84 Å². The van der Waals surface area contributed by atoms with Crippen LogP contribution in [0.5, 0.6) is 0 Å². The number of ether oxygens (including phenoxy) is 1. The SMILES string of the molecule is CC(NC(=O)COC(=O)c1ccc(S(=O)(=O)C(F)F)cc1)c1ccccc1. The van der Waals surface area contributed by atoms with Gasteiger partial charge in [-0.05, 0) is 36.8 Å². The predicted molar refractivity (Wildman–Crippen MR) is 92.9 cm³/mol. The molecule has 1 amide bonds. The van der Waals surface area contributed by atoms with Crippen LogP contribution in [0.15, 0.2) is 59.5 Å².